The molecule has 0 bridgehead atoms. The number of allylic oxidation sites excluding steroid dienone is 1. The summed E-state index contributed by atoms with van der Waals surface area (Å²) in [4.78, 5) is 2.40. The van der Waals surface area contributed by atoms with Crippen LogP contribution >= 0.6 is 0 Å². The lowest BCUT2D eigenvalue weighted by Gasteiger charge is -2.25. The predicted molar refractivity (Wildman–Crippen MR) is 73.3 cm³/mol. The fraction of sp³-hybridized carbons (Fsp3) is 0.429. The van der Waals surface area contributed by atoms with Crippen LogP contribution in [-0.4, -0.2) is 20.1 Å². The minimum atomic E-state index is 1.04. The van der Waals surface area contributed by atoms with Crippen LogP contribution in [0, 0.1) is 0 Å². The summed E-state index contributed by atoms with van der Waals surface area (Å²) in [5, 5.41) is 3.24. The number of para-hydroxylation sites is 2. The topological polar surface area (TPSA) is 15.3 Å². The molecule has 0 aliphatic carbocycles. The third-order valence-electron chi connectivity index (χ3n) is 2.73. The second kappa shape index (κ2) is 6.94. The Morgan fingerprint density at radius 1 is 1.38 bits per heavy atom. The van der Waals surface area contributed by atoms with Crippen LogP contribution < -0.4 is 10.2 Å². The van der Waals surface area contributed by atoms with E-state index in [1.807, 2.05) is 13.1 Å². The van der Waals surface area contributed by atoms with E-state index in [-0.39, 0.29) is 0 Å². The van der Waals surface area contributed by atoms with Crippen molar-refractivity contribution in [1.29, 1.82) is 0 Å². The Balaban J connectivity index is 2.73. The minimum absolute atomic E-state index is 1.04. The van der Waals surface area contributed by atoms with Crippen LogP contribution in [0.4, 0.5) is 11.4 Å². The lowest BCUT2D eigenvalue weighted by Crippen LogP contribution is -2.24. The summed E-state index contributed by atoms with van der Waals surface area (Å²) in [5.41, 5.74) is 2.49. The second-order valence-corrected chi connectivity index (χ2v) is 3.78. The second-order valence-electron chi connectivity index (χ2n) is 3.78. The van der Waals surface area contributed by atoms with Gasteiger partial charge in [0.15, 0.2) is 0 Å². The van der Waals surface area contributed by atoms with E-state index in [0.29, 0.717) is 0 Å². The first-order valence-corrected chi connectivity index (χ1v) is 5.96. The Bertz CT molecular complexity index is 320. The molecule has 0 aliphatic rings. The van der Waals surface area contributed by atoms with Crippen molar-refractivity contribution in [2.45, 2.75) is 19.8 Å². The van der Waals surface area contributed by atoms with Crippen molar-refractivity contribution in [2.24, 2.45) is 0 Å². The first-order chi connectivity index (χ1) is 7.83. The average molecular weight is 218 g/mol. The van der Waals surface area contributed by atoms with Crippen molar-refractivity contribution in [1.82, 2.24) is 0 Å². The number of hydrogen-bond acceptors (Lipinski definition) is 2. The maximum atomic E-state index is 3.76. The fourth-order valence-corrected chi connectivity index (χ4v) is 1.84. The van der Waals surface area contributed by atoms with Gasteiger partial charge in [-0.15, -0.1) is 6.58 Å². The van der Waals surface area contributed by atoms with Crippen LogP contribution in [0.15, 0.2) is 36.9 Å². The molecule has 0 unspecified atom stereocenters. The number of nitrogens with zero attached hydrogens (tertiary/aromatic N) is 1. The quantitative estimate of drug-likeness (QED) is 0.556. The molecular formula is C14H22N2. The molecule has 0 aliphatic heterocycles. The SMILES string of the molecule is C=CCCCN(CC)c1ccccc1NC. The molecule has 1 N–H and O–H groups in total. The van der Waals surface area contributed by atoms with Crippen LogP contribution in [0.1, 0.15) is 19.8 Å². The lowest BCUT2D eigenvalue weighted by atomic mass is 10.2. The lowest BCUT2D eigenvalue weighted by molar-refractivity contribution is 0.758. The van der Waals surface area contributed by atoms with Crippen molar-refractivity contribution in [2.75, 3.05) is 30.4 Å². The maximum absolute atomic E-state index is 3.76. The van der Waals surface area contributed by atoms with Gasteiger partial charge in [0.05, 0.1) is 11.4 Å². The standard InChI is InChI=1S/C14H22N2/c1-4-6-9-12-16(5-2)14-11-8-7-10-13(14)15-3/h4,7-8,10-11,15H,1,5-6,9,12H2,2-3H3. The van der Waals surface area contributed by atoms with Crippen molar-refractivity contribution in [3.8, 4) is 0 Å². The van der Waals surface area contributed by atoms with Gasteiger partial charge in [0.1, 0.15) is 0 Å². The van der Waals surface area contributed by atoms with Gasteiger partial charge < -0.3 is 10.2 Å². The van der Waals surface area contributed by atoms with Gasteiger partial charge in [-0.3, -0.25) is 0 Å². The fourth-order valence-electron chi connectivity index (χ4n) is 1.84. The van der Waals surface area contributed by atoms with E-state index in [9.17, 15) is 0 Å². The Kier molecular flexibility index (Phi) is 5.48. The van der Waals surface area contributed by atoms with Gasteiger partial charge in [-0.05, 0) is 31.9 Å². The molecule has 1 rings (SSSR count). The number of nitrogens with one attached hydrogen (secondary N) is 1. The third kappa shape index (κ3) is 3.30. The molecule has 88 valence electrons. The monoisotopic (exact) mass is 218 g/mol. The van der Waals surface area contributed by atoms with Crippen molar-refractivity contribution < 1.29 is 0 Å². The van der Waals surface area contributed by atoms with Gasteiger partial charge in [-0.1, -0.05) is 18.2 Å². The molecule has 2 nitrogen and oxygen atoms in total. The summed E-state index contributed by atoms with van der Waals surface area (Å²) < 4.78 is 0. The van der Waals surface area contributed by atoms with Crippen molar-refractivity contribution in [3.63, 3.8) is 0 Å². The van der Waals surface area contributed by atoms with Crippen LogP contribution in [0.5, 0.6) is 0 Å². The summed E-state index contributed by atoms with van der Waals surface area (Å²) >= 11 is 0. The summed E-state index contributed by atoms with van der Waals surface area (Å²) in [6, 6.07) is 8.44. The summed E-state index contributed by atoms with van der Waals surface area (Å²) in [6.07, 6.45) is 4.23. The molecule has 2 heteroatoms. The molecule has 0 amide bonds. The zero-order chi connectivity index (χ0) is 11.8. The first-order valence-electron chi connectivity index (χ1n) is 5.96. The summed E-state index contributed by atoms with van der Waals surface area (Å²) in [6.45, 7) is 8.08. The highest BCUT2D eigenvalue weighted by Gasteiger charge is 2.07. The molecule has 0 saturated carbocycles. The van der Waals surface area contributed by atoms with Gasteiger partial charge in [0.25, 0.3) is 0 Å². The van der Waals surface area contributed by atoms with Gasteiger partial charge >= 0.3 is 0 Å². The van der Waals surface area contributed by atoms with Crippen LogP contribution in [0.3, 0.4) is 0 Å². The molecule has 1 aromatic carbocycles. The van der Waals surface area contributed by atoms with Gasteiger partial charge in [0.2, 0.25) is 0 Å². The van der Waals surface area contributed by atoms with E-state index in [1.54, 1.807) is 0 Å². The van der Waals surface area contributed by atoms with E-state index in [2.05, 4.69) is 48.0 Å². The highest BCUT2D eigenvalue weighted by molar-refractivity contribution is 5.69. The van der Waals surface area contributed by atoms with Crippen molar-refractivity contribution >= 4 is 11.4 Å². The van der Waals surface area contributed by atoms with Gasteiger partial charge in [-0.25, -0.2) is 0 Å². The Morgan fingerprint density at radius 2 is 2.12 bits per heavy atom. The summed E-state index contributed by atoms with van der Waals surface area (Å²) in [7, 11) is 1.97. The molecular weight excluding hydrogens is 196 g/mol. The zero-order valence-corrected chi connectivity index (χ0v) is 10.4. The van der Waals surface area contributed by atoms with Crippen molar-refractivity contribution in [3.05, 3.63) is 36.9 Å². The van der Waals surface area contributed by atoms with E-state index >= 15 is 0 Å². The van der Waals surface area contributed by atoms with E-state index in [4.69, 9.17) is 0 Å². The third-order valence-corrected chi connectivity index (χ3v) is 2.73. The van der Waals surface area contributed by atoms with E-state index < -0.39 is 0 Å². The largest absolute Gasteiger partial charge is 0.386 e. The Labute approximate surface area is 99.0 Å². The Hall–Kier alpha value is -1.44. The average Bonchev–Trinajstić information content (AvgIpc) is 2.35. The molecule has 0 saturated heterocycles. The predicted octanol–water partition coefficient (Wildman–Crippen LogP) is 3.52. The first kappa shape index (κ1) is 12.6. The number of unbranched alkanes of at least 4 members (excludes halogenated alkanes) is 1. The molecule has 1 aromatic rings. The van der Waals surface area contributed by atoms with Crippen LogP contribution in [0.2, 0.25) is 0 Å². The van der Waals surface area contributed by atoms with Crippen LogP contribution in [-0.2, 0) is 0 Å². The molecule has 0 fully saturated rings. The smallest absolute Gasteiger partial charge is 0.0601 e. The zero-order valence-electron chi connectivity index (χ0n) is 10.4. The van der Waals surface area contributed by atoms with Crippen LogP contribution in [0.25, 0.3) is 0 Å². The summed E-state index contributed by atoms with van der Waals surface area (Å²) in [5.74, 6) is 0. The molecule has 0 spiro atoms. The minimum Gasteiger partial charge on any atom is -0.386 e. The number of rotatable bonds is 7. The highest BCUT2D eigenvalue weighted by atomic mass is 15.1. The molecule has 0 aromatic heterocycles. The maximum Gasteiger partial charge on any atom is 0.0601 e. The van der Waals surface area contributed by atoms with E-state index in [1.165, 1.54) is 11.4 Å². The van der Waals surface area contributed by atoms with E-state index in [0.717, 1.165) is 25.9 Å². The Morgan fingerprint density at radius 3 is 2.75 bits per heavy atom. The number of benzene rings is 1. The number of anilines is 2. The highest BCUT2D eigenvalue weighted by Crippen LogP contribution is 2.25. The molecule has 0 radical (unpaired) electrons. The molecule has 0 atom stereocenters. The molecule has 0 heterocycles. The van der Waals surface area contributed by atoms with Gasteiger partial charge in [-0.2, -0.15) is 0 Å². The molecule has 16 heavy (non-hydrogen) atoms. The van der Waals surface area contributed by atoms with Gasteiger partial charge in [0, 0.05) is 20.1 Å². The number of hydrogen-bond donors (Lipinski definition) is 1. The normalized spacial score (nSPS) is 9.88.